The van der Waals surface area contributed by atoms with Crippen LogP contribution in [-0.4, -0.2) is 16.8 Å². The summed E-state index contributed by atoms with van der Waals surface area (Å²) in [5.41, 5.74) is 2.03. The van der Waals surface area contributed by atoms with E-state index in [1.54, 1.807) is 24.3 Å². The first kappa shape index (κ1) is 18.9. The van der Waals surface area contributed by atoms with Crippen molar-refractivity contribution >= 4 is 33.9 Å². The van der Waals surface area contributed by atoms with Crippen LogP contribution in [0.4, 0.5) is 5.69 Å². The van der Waals surface area contributed by atoms with Gasteiger partial charge in [-0.1, -0.05) is 54.6 Å². The minimum absolute atomic E-state index is 0.0119. The first-order valence-electron chi connectivity index (χ1n) is 9.95. The number of hydrogen-bond donors (Lipinski definition) is 1. The Balaban J connectivity index is 1.77. The first-order chi connectivity index (χ1) is 15.1. The molecule has 0 bridgehead atoms. The molecule has 1 amide bonds. The van der Waals surface area contributed by atoms with Gasteiger partial charge in [0.25, 0.3) is 11.7 Å². The SMILES string of the molecule is Cc1cccc(N2C(=O)C(=O)/C(=C(\O)c3cccc4ccccc34)C2c2ccco2)c1. The Kier molecular flexibility index (Phi) is 4.44. The van der Waals surface area contributed by atoms with Crippen LogP contribution in [0.3, 0.4) is 0 Å². The second-order valence-electron chi connectivity index (χ2n) is 7.55. The number of nitrogens with zero attached hydrogens (tertiary/aromatic N) is 1. The fourth-order valence-corrected chi connectivity index (χ4v) is 4.17. The predicted octanol–water partition coefficient (Wildman–Crippen LogP) is 5.37. The van der Waals surface area contributed by atoms with Crippen molar-refractivity contribution in [1.82, 2.24) is 0 Å². The van der Waals surface area contributed by atoms with Gasteiger partial charge in [0.15, 0.2) is 0 Å². The zero-order valence-corrected chi connectivity index (χ0v) is 16.8. The lowest BCUT2D eigenvalue weighted by Crippen LogP contribution is -2.29. The highest BCUT2D eigenvalue weighted by Gasteiger charge is 2.48. The maximum atomic E-state index is 13.2. The standard InChI is InChI=1S/C26H19NO4/c1-16-7-4-10-18(15-16)27-23(21-13-6-14-31-21)22(25(29)26(27)30)24(28)20-12-5-9-17-8-2-3-11-19(17)20/h2-15,23,28H,1H3/b24-22-. The van der Waals surface area contributed by atoms with Crippen LogP contribution in [-0.2, 0) is 9.59 Å². The Labute approximate surface area is 178 Å². The van der Waals surface area contributed by atoms with E-state index < -0.39 is 17.7 Å². The summed E-state index contributed by atoms with van der Waals surface area (Å²) in [6, 6.07) is 23.0. The predicted molar refractivity (Wildman–Crippen MR) is 119 cm³/mol. The number of aliphatic hydroxyl groups excluding tert-OH is 1. The average Bonchev–Trinajstić information content (AvgIpc) is 3.40. The lowest BCUT2D eigenvalue weighted by atomic mass is 9.96. The molecule has 1 saturated heterocycles. The summed E-state index contributed by atoms with van der Waals surface area (Å²) in [4.78, 5) is 27.7. The first-order valence-corrected chi connectivity index (χ1v) is 9.95. The Hall–Kier alpha value is -4.12. The minimum Gasteiger partial charge on any atom is -0.507 e. The molecular weight excluding hydrogens is 390 g/mol. The van der Waals surface area contributed by atoms with Crippen molar-refractivity contribution in [2.24, 2.45) is 0 Å². The summed E-state index contributed by atoms with van der Waals surface area (Å²) >= 11 is 0. The zero-order valence-electron chi connectivity index (χ0n) is 16.8. The number of carbonyl (C=O) groups excluding carboxylic acids is 2. The Morgan fingerprint density at radius 2 is 1.71 bits per heavy atom. The number of ketones is 1. The molecule has 0 radical (unpaired) electrons. The fraction of sp³-hybridized carbons (Fsp3) is 0.0769. The highest BCUT2D eigenvalue weighted by Crippen LogP contribution is 2.43. The van der Waals surface area contributed by atoms with Crippen molar-refractivity contribution < 1.29 is 19.1 Å². The molecule has 1 N–H and O–H groups in total. The van der Waals surface area contributed by atoms with E-state index in [-0.39, 0.29) is 11.3 Å². The van der Waals surface area contributed by atoms with Gasteiger partial charge in [-0.3, -0.25) is 14.5 Å². The van der Waals surface area contributed by atoms with E-state index in [0.717, 1.165) is 16.3 Å². The van der Waals surface area contributed by atoms with Crippen molar-refractivity contribution in [3.05, 3.63) is 108 Å². The maximum Gasteiger partial charge on any atom is 0.300 e. The van der Waals surface area contributed by atoms with Crippen molar-refractivity contribution in [2.75, 3.05) is 4.90 Å². The van der Waals surface area contributed by atoms with Gasteiger partial charge < -0.3 is 9.52 Å². The fourth-order valence-electron chi connectivity index (χ4n) is 4.17. The molecule has 5 heteroatoms. The van der Waals surface area contributed by atoms with Gasteiger partial charge in [-0.15, -0.1) is 0 Å². The minimum atomic E-state index is -0.865. The molecule has 0 saturated carbocycles. The molecule has 1 fully saturated rings. The summed E-state index contributed by atoms with van der Waals surface area (Å²) in [5, 5.41) is 13.1. The van der Waals surface area contributed by atoms with Gasteiger partial charge in [0.1, 0.15) is 17.6 Å². The Bertz CT molecular complexity index is 1350. The molecule has 0 aliphatic carbocycles. The van der Waals surface area contributed by atoms with E-state index in [1.165, 1.54) is 11.2 Å². The van der Waals surface area contributed by atoms with Crippen molar-refractivity contribution in [3.8, 4) is 0 Å². The van der Waals surface area contributed by atoms with Gasteiger partial charge in [-0.2, -0.15) is 0 Å². The summed E-state index contributed by atoms with van der Waals surface area (Å²) in [5.74, 6) is -1.25. The maximum absolute atomic E-state index is 13.2. The number of aryl methyl sites for hydroxylation is 1. The molecule has 2 heterocycles. The molecule has 5 rings (SSSR count). The molecule has 1 atom stereocenters. The second-order valence-corrected chi connectivity index (χ2v) is 7.55. The number of rotatable bonds is 3. The van der Waals surface area contributed by atoms with E-state index in [1.807, 2.05) is 61.5 Å². The summed E-state index contributed by atoms with van der Waals surface area (Å²) in [7, 11) is 0. The number of furan rings is 1. The van der Waals surface area contributed by atoms with E-state index in [4.69, 9.17) is 4.42 Å². The highest BCUT2D eigenvalue weighted by atomic mass is 16.3. The Morgan fingerprint density at radius 3 is 2.48 bits per heavy atom. The lowest BCUT2D eigenvalue weighted by molar-refractivity contribution is -0.132. The van der Waals surface area contributed by atoms with E-state index in [0.29, 0.717) is 17.0 Å². The molecule has 1 aromatic heterocycles. The van der Waals surface area contributed by atoms with E-state index in [9.17, 15) is 14.7 Å². The van der Waals surface area contributed by atoms with Crippen LogP contribution in [0.25, 0.3) is 16.5 Å². The van der Waals surface area contributed by atoms with Crippen LogP contribution < -0.4 is 4.90 Å². The molecule has 1 aliphatic heterocycles. The molecule has 31 heavy (non-hydrogen) atoms. The van der Waals surface area contributed by atoms with Crippen LogP contribution in [0.5, 0.6) is 0 Å². The van der Waals surface area contributed by atoms with Crippen LogP contribution in [0.15, 0.2) is 95.1 Å². The van der Waals surface area contributed by atoms with Gasteiger partial charge in [-0.25, -0.2) is 0 Å². The lowest BCUT2D eigenvalue weighted by Gasteiger charge is -2.23. The van der Waals surface area contributed by atoms with Gasteiger partial charge >= 0.3 is 0 Å². The third-order valence-corrected chi connectivity index (χ3v) is 5.58. The molecule has 3 aromatic carbocycles. The number of amides is 1. The largest absolute Gasteiger partial charge is 0.507 e. The average molecular weight is 409 g/mol. The smallest absolute Gasteiger partial charge is 0.300 e. The Morgan fingerprint density at radius 1 is 0.935 bits per heavy atom. The van der Waals surface area contributed by atoms with E-state index in [2.05, 4.69) is 0 Å². The number of benzene rings is 3. The van der Waals surface area contributed by atoms with Gasteiger partial charge in [0, 0.05) is 11.3 Å². The number of carbonyl (C=O) groups is 2. The summed E-state index contributed by atoms with van der Waals surface area (Å²) in [6.07, 6.45) is 1.49. The summed E-state index contributed by atoms with van der Waals surface area (Å²) in [6.45, 7) is 1.91. The number of fused-ring (bicyclic) bond motifs is 1. The molecule has 1 aliphatic rings. The van der Waals surface area contributed by atoms with Crippen molar-refractivity contribution in [1.29, 1.82) is 0 Å². The topological polar surface area (TPSA) is 70.8 Å². The van der Waals surface area contributed by atoms with Crippen molar-refractivity contribution in [3.63, 3.8) is 0 Å². The second kappa shape index (κ2) is 7.29. The summed E-state index contributed by atoms with van der Waals surface area (Å²) < 4.78 is 5.61. The van der Waals surface area contributed by atoms with Gasteiger partial charge in [0.05, 0.1) is 11.8 Å². The molecule has 4 aromatic rings. The van der Waals surface area contributed by atoms with Crippen LogP contribution in [0, 0.1) is 6.92 Å². The van der Waals surface area contributed by atoms with E-state index >= 15 is 0 Å². The molecular formula is C26H19NO4. The highest BCUT2D eigenvalue weighted by molar-refractivity contribution is 6.51. The van der Waals surface area contributed by atoms with Crippen LogP contribution in [0.2, 0.25) is 0 Å². The number of anilines is 1. The molecule has 5 nitrogen and oxygen atoms in total. The van der Waals surface area contributed by atoms with Gasteiger partial charge in [-0.05, 0) is 47.5 Å². The third kappa shape index (κ3) is 3.02. The molecule has 152 valence electrons. The van der Waals surface area contributed by atoms with Crippen molar-refractivity contribution in [2.45, 2.75) is 13.0 Å². The van der Waals surface area contributed by atoms with Crippen LogP contribution in [0.1, 0.15) is 22.9 Å². The molecule has 1 unspecified atom stereocenters. The monoisotopic (exact) mass is 409 g/mol. The zero-order chi connectivity index (χ0) is 21.5. The normalized spacial score (nSPS) is 18.1. The molecule has 0 spiro atoms. The van der Waals surface area contributed by atoms with Gasteiger partial charge in [0.2, 0.25) is 0 Å². The quantitative estimate of drug-likeness (QED) is 0.281. The number of Topliss-reactive ketones (excluding diaryl/α,β-unsaturated/α-hetero) is 1. The number of aliphatic hydroxyl groups is 1. The van der Waals surface area contributed by atoms with Crippen LogP contribution >= 0.6 is 0 Å². The third-order valence-electron chi connectivity index (χ3n) is 5.58. The number of hydrogen-bond acceptors (Lipinski definition) is 4.